The zero-order valence-electron chi connectivity index (χ0n) is 21.0. The van der Waals surface area contributed by atoms with E-state index < -0.39 is 89.6 Å². The van der Waals surface area contributed by atoms with Gasteiger partial charge >= 0.3 is 54.3 Å². The zero-order valence-corrected chi connectivity index (χ0v) is 21.8. The highest BCUT2D eigenvalue weighted by Crippen LogP contribution is 2.56. The number of aliphatic carboxylic acids is 1. The van der Waals surface area contributed by atoms with E-state index >= 15 is 0 Å². The van der Waals surface area contributed by atoms with Gasteiger partial charge in [0.2, 0.25) is 10.0 Å². The monoisotopic (exact) mass is 703 g/mol. The lowest BCUT2D eigenvalue weighted by molar-refractivity contribution is -0.883. The van der Waals surface area contributed by atoms with Crippen LogP contribution >= 0.6 is 0 Å². The van der Waals surface area contributed by atoms with Crippen molar-refractivity contribution in [2.24, 2.45) is 0 Å². The van der Waals surface area contributed by atoms with Gasteiger partial charge in [0.25, 0.3) is 0 Å². The van der Waals surface area contributed by atoms with E-state index in [4.69, 9.17) is 5.11 Å². The molecule has 2 atom stereocenters. The van der Waals surface area contributed by atoms with Crippen LogP contribution in [-0.4, -0.2) is 112 Å². The number of alkyl halides is 17. The lowest BCUT2D eigenvalue weighted by Crippen LogP contribution is -2.67. The summed E-state index contributed by atoms with van der Waals surface area (Å²) in [5.74, 6) is -26.0. The number of carbonyl (C=O) groups is 1. The zero-order chi connectivity index (χ0) is 34.9. The van der Waals surface area contributed by atoms with E-state index in [9.17, 15) is 87.8 Å². The Kier molecular flexibility index (Phi) is 11.9. The van der Waals surface area contributed by atoms with Crippen LogP contribution in [0.25, 0.3) is 0 Å². The van der Waals surface area contributed by atoms with Gasteiger partial charge in [-0.3, -0.25) is 9.47 Å². The van der Waals surface area contributed by atoms with Crippen LogP contribution in [0.1, 0.15) is 12.8 Å². The summed E-state index contributed by atoms with van der Waals surface area (Å²) in [4.78, 5) is 10.7. The van der Waals surface area contributed by atoms with Crippen molar-refractivity contribution < 1.29 is 107 Å². The molecule has 0 saturated heterocycles. The van der Waals surface area contributed by atoms with Gasteiger partial charge in [-0.05, 0) is 0 Å². The summed E-state index contributed by atoms with van der Waals surface area (Å²) in [5, 5.41) is 8.72. The second kappa shape index (κ2) is 12.5. The molecule has 258 valence electrons. The topological polar surface area (TPSA) is 102 Å². The fourth-order valence-electron chi connectivity index (χ4n) is 2.73. The molecule has 0 radical (unpaired) electrons. The first-order chi connectivity index (χ1) is 18.5. The van der Waals surface area contributed by atoms with E-state index in [2.05, 4.69) is 4.74 Å². The summed E-state index contributed by atoms with van der Waals surface area (Å²) < 4.78 is 252. The molecule has 2 unspecified atom stereocenters. The van der Waals surface area contributed by atoms with Gasteiger partial charge < -0.3 is 9.59 Å². The van der Waals surface area contributed by atoms with E-state index in [0.29, 0.717) is 0 Å². The Balaban J connectivity index is 6.16. The summed E-state index contributed by atoms with van der Waals surface area (Å²) >= 11 is 0. The van der Waals surface area contributed by atoms with E-state index in [0.717, 1.165) is 0 Å². The van der Waals surface area contributed by atoms with Crippen molar-refractivity contribution in [1.82, 2.24) is 4.72 Å². The number of hydrogen-bond donors (Lipinski definition) is 2. The third-order valence-corrected chi connectivity index (χ3v) is 6.35. The second-order valence-corrected chi connectivity index (χ2v) is 11.1. The average molecular weight is 703 g/mol. The Bertz CT molecular complexity index is 1080. The van der Waals surface area contributed by atoms with E-state index in [1.54, 1.807) is 0 Å². The normalized spacial score (nSPS) is 17.8. The molecular weight excluding hydrogens is 683 g/mol. The highest BCUT2D eigenvalue weighted by Gasteiger charge is 2.85. The van der Waals surface area contributed by atoms with Crippen molar-refractivity contribution >= 4 is 16.0 Å². The van der Waals surface area contributed by atoms with Crippen LogP contribution in [0.3, 0.4) is 0 Å². The molecular formula is C17H20F17N2O6S+. The molecule has 0 saturated carbocycles. The van der Waals surface area contributed by atoms with Gasteiger partial charge in [-0.15, -0.1) is 0 Å². The molecule has 0 aromatic heterocycles. The van der Waals surface area contributed by atoms with Crippen molar-refractivity contribution in [3.63, 3.8) is 0 Å². The number of rotatable bonds is 16. The summed E-state index contributed by atoms with van der Waals surface area (Å²) in [6, 6.07) is 0. The number of likely N-dealkylation sites (N-methyl/N-ethyl adjacent to an activating group) is 1. The minimum absolute atomic E-state index is 0.131. The van der Waals surface area contributed by atoms with Crippen LogP contribution in [-0.2, 0) is 24.3 Å². The number of nitrogens with zero attached hydrogens (tertiary/aromatic N) is 1. The second-order valence-electron chi connectivity index (χ2n) is 9.16. The number of quaternary nitrogens is 1. The minimum atomic E-state index is -8.06. The quantitative estimate of drug-likeness (QED) is 0.137. The third-order valence-electron chi connectivity index (χ3n) is 4.96. The molecule has 0 fully saturated rings. The molecule has 0 aliphatic rings. The first kappa shape index (κ1) is 41.1. The maximum absolute atomic E-state index is 14.5. The number of halogens is 17. The molecule has 0 aliphatic heterocycles. The van der Waals surface area contributed by atoms with Crippen LogP contribution in [0.2, 0.25) is 0 Å². The van der Waals surface area contributed by atoms with Gasteiger partial charge in [0.1, 0.15) is 0 Å². The summed E-state index contributed by atoms with van der Waals surface area (Å²) in [5.41, 5.74) is 0. The first-order valence-corrected chi connectivity index (χ1v) is 12.3. The molecule has 0 spiro atoms. The van der Waals surface area contributed by atoms with Crippen LogP contribution < -0.4 is 4.72 Å². The summed E-state index contributed by atoms with van der Waals surface area (Å²) in [6.07, 6.45) is -41.8. The van der Waals surface area contributed by atoms with Crippen LogP contribution in [0.5, 0.6) is 0 Å². The lowest BCUT2D eigenvalue weighted by Gasteiger charge is -2.40. The van der Waals surface area contributed by atoms with Crippen molar-refractivity contribution in [1.29, 1.82) is 0 Å². The van der Waals surface area contributed by atoms with Crippen LogP contribution in [0.4, 0.5) is 74.6 Å². The molecule has 0 heterocycles. The smallest absolute Gasteiger partial charge is 0.462 e. The fraction of sp³-hybridized carbons (Fsp3) is 0.941. The SMILES string of the molecule is C[N+](C)(CCCNS(=O)(=O)CCC(F)(OC(F)(F)C(F)(OC(F)(F)C(F)(F)C(F)(F)F)C(F)(F)F)C(F)(F)F)CC(=O)O. The number of carboxylic acid groups (broad SMARTS) is 1. The predicted octanol–water partition coefficient (Wildman–Crippen LogP) is 4.72. The van der Waals surface area contributed by atoms with Crippen LogP contribution in [0, 0.1) is 0 Å². The average Bonchev–Trinajstić information content (AvgIpc) is 2.71. The van der Waals surface area contributed by atoms with Gasteiger partial charge in [0.15, 0.2) is 6.54 Å². The third kappa shape index (κ3) is 10.0. The molecule has 2 N–H and O–H groups in total. The van der Waals surface area contributed by atoms with Gasteiger partial charge in [-0.1, -0.05) is 0 Å². The first-order valence-electron chi connectivity index (χ1n) is 10.6. The standard InChI is InChI=1S/C17H19F17N2O6S/c1-36(2,8-9(37)38)6-3-5-35-43(39,40)7-4-10(18,13(22,23)24)41-17(33,34)12(21,15(28,29)30)42-16(31,32)11(19,20)14(25,26)27/h35H,3-8H2,1-2H3/p+1. The van der Waals surface area contributed by atoms with Gasteiger partial charge in [-0.2, -0.15) is 70.2 Å². The van der Waals surface area contributed by atoms with E-state index in [1.807, 2.05) is 0 Å². The maximum atomic E-state index is 14.5. The van der Waals surface area contributed by atoms with E-state index in [-0.39, 0.29) is 17.4 Å². The Hall–Kier alpha value is -1.93. The lowest BCUT2D eigenvalue weighted by atomic mass is 10.2. The van der Waals surface area contributed by atoms with Crippen molar-refractivity contribution in [3.05, 3.63) is 0 Å². The molecule has 0 aromatic rings. The summed E-state index contributed by atoms with van der Waals surface area (Å²) in [6.45, 7) is -1.39. The molecule has 0 aliphatic carbocycles. The van der Waals surface area contributed by atoms with Crippen molar-refractivity contribution in [2.45, 2.75) is 61.2 Å². The Morgan fingerprint density at radius 3 is 1.58 bits per heavy atom. The Morgan fingerprint density at radius 2 is 1.21 bits per heavy atom. The van der Waals surface area contributed by atoms with Gasteiger partial charge in [0, 0.05) is 19.4 Å². The largest absolute Gasteiger partial charge is 0.477 e. The summed E-state index contributed by atoms with van der Waals surface area (Å²) in [7, 11) is -2.57. The predicted molar refractivity (Wildman–Crippen MR) is 103 cm³/mol. The van der Waals surface area contributed by atoms with Crippen molar-refractivity contribution in [3.8, 4) is 0 Å². The Labute approximate surface area is 229 Å². The molecule has 0 rings (SSSR count). The van der Waals surface area contributed by atoms with Gasteiger partial charge in [0.05, 0.1) is 26.4 Å². The highest BCUT2D eigenvalue weighted by atomic mass is 32.2. The molecule has 8 nitrogen and oxygen atoms in total. The number of carboxylic acids is 1. The number of sulfonamides is 1. The van der Waals surface area contributed by atoms with Crippen LogP contribution in [0.15, 0.2) is 0 Å². The molecule has 0 amide bonds. The highest BCUT2D eigenvalue weighted by molar-refractivity contribution is 7.89. The van der Waals surface area contributed by atoms with Gasteiger partial charge in [-0.25, -0.2) is 22.3 Å². The number of nitrogens with one attached hydrogen (secondary N) is 1. The Morgan fingerprint density at radius 1 is 0.744 bits per heavy atom. The molecule has 0 bridgehead atoms. The minimum Gasteiger partial charge on any atom is -0.477 e. The molecule has 26 heteroatoms. The van der Waals surface area contributed by atoms with E-state index in [1.165, 1.54) is 23.6 Å². The fourth-order valence-corrected chi connectivity index (χ4v) is 3.86. The molecule has 43 heavy (non-hydrogen) atoms. The molecule has 0 aromatic carbocycles. The maximum Gasteiger partial charge on any atom is 0.462 e. The van der Waals surface area contributed by atoms with Crippen molar-refractivity contribution in [2.75, 3.05) is 39.5 Å². The number of ether oxygens (including phenoxy) is 2. The number of hydrogen-bond acceptors (Lipinski definition) is 5.